The molecule has 0 bridgehead atoms. The van der Waals surface area contributed by atoms with Crippen LogP contribution in [0.3, 0.4) is 0 Å². The predicted octanol–water partition coefficient (Wildman–Crippen LogP) is 1.44. The van der Waals surface area contributed by atoms with Crippen LogP contribution >= 0.6 is 0 Å². The first kappa shape index (κ1) is 15.8. The van der Waals surface area contributed by atoms with Gasteiger partial charge in [0.2, 0.25) is 21.8 Å². The second kappa shape index (κ2) is 6.17. The molecule has 0 atom stereocenters. The van der Waals surface area contributed by atoms with E-state index >= 15 is 0 Å². The highest BCUT2D eigenvalue weighted by atomic mass is 32.2. The quantitative estimate of drug-likeness (QED) is 0.879. The van der Waals surface area contributed by atoms with Gasteiger partial charge in [-0.3, -0.25) is 0 Å². The number of benzene rings is 1. The molecule has 0 radical (unpaired) electrons. The van der Waals surface area contributed by atoms with E-state index in [-0.39, 0.29) is 23.2 Å². The highest BCUT2D eigenvalue weighted by Gasteiger charge is 2.20. The molecule has 1 aliphatic heterocycles. The van der Waals surface area contributed by atoms with E-state index in [0.717, 1.165) is 0 Å². The Balaban J connectivity index is 1.73. The van der Waals surface area contributed by atoms with Crippen molar-refractivity contribution >= 4 is 10.0 Å². The van der Waals surface area contributed by atoms with Crippen molar-refractivity contribution in [2.75, 3.05) is 13.2 Å². The zero-order valence-electron chi connectivity index (χ0n) is 12.8. The summed E-state index contributed by atoms with van der Waals surface area (Å²) in [4.78, 5) is 0.0883. The molecule has 1 N–H and O–H groups in total. The minimum absolute atomic E-state index is 0.0729. The summed E-state index contributed by atoms with van der Waals surface area (Å²) in [5.41, 5.74) is 0. The third kappa shape index (κ3) is 3.45. The van der Waals surface area contributed by atoms with Gasteiger partial charge in [0.05, 0.1) is 11.4 Å². The predicted molar refractivity (Wildman–Crippen MR) is 79.8 cm³/mol. The highest BCUT2D eigenvalue weighted by molar-refractivity contribution is 7.89. The Morgan fingerprint density at radius 3 is 2.61 bits per heavy atom. The van der Waals surface area contributed by atoms with E-state index in [1.54, 1.807) is 6.07 Å². The third-order valence-corrected chi connectivity index (χ3v) is 4.61. The Labute approximate surface area is 133 Å². The maximum Gasteiger partial charge on any atom is 0.241 e. The molecule has 0 unspecified atom stereocenters. The Kier molecular flexibility index (Phi) is 4.22. The molecular weight excluding hydrogens is 322 g/mol. The molecule has 9 heteroatoms. The summed E-state index contributed by atoms with van der Waals surface area (Å²) in [5.74, 6) is 1.73. The Bertz CT molecular complexity index is 800. The molecule has 0 saturated heterocycles. The summed E-state index contributed by atoms with van der Waals surface area (Å²) in [6.07, 6.45) is 0. The maximum atomic E-state index is 12.3. The van der Waals surface area contributed by atoms with Crippen molar-refractivity contribution in [2.45, 2.75) is 31.2 Å². The minimum Gasteiger partial charge on any atom is -0.486 e. The molecule has 1 aromatic heterocycles. The molecule has 2 aromatic rings. The smallest absolute Gasteiger partial charge is 0.241 e. The first-order chi connectivity index (χ1) is 11.0. The molecule has 2 heterocycles. The second-order valence-electron chi connectivity index (χ2n) is 5.32. The van der Waals surface area contributed by atoms with E-state index in [2.05, 4.69) is 14.9 Å². The van der Waals surface area contributed by atoms with Crippen molar-refractivity contribution in [3.8, 4) is 11.5 Å². The molecule has 0 amide bonds. The molecule has 8 nitrogen and oxygen atoms in total. The summed E-state index contributed by atoms with van der Waals surface area (Å²) in [6, 6.07) is 4.47. The molecule has 1 aromatic carbocycles. The van der Waals surface area contributed by atoms with Gasteiger partial charge in [0.15, 0.2) is 11.5 Å². The van der Waals surface area contributed by atoms with E-state index in [0.29, 0.717) is 30.6 Å². The maximum absolute atomic E-state index is 12.3. The first-order valence-corrected chi connectivity index (χ1v) is 8.65. The number of fused-ring (bicyclic) bond motifs is 1. The number of nitrogens with zero attached hydrogens (tertiary/aromatic N) is 2. The Morgan fingerprint density at radius 1 is 1.17 bits per heavy atom. The second-order valence-corrected chi connectivity index (χ2v) is 7.09. The number of aromatic nitrogens is 2. The molecular formula is C14H17N3O5S. The SMILES string of the molecule is CC(C)c1nnc(CNS(=O)(=O)c2ccc3c(c2)OCCO3)o1. The van der Waals surface area contributed by atoms with E-state index in [9.17, 15) is 8.42 Å². The lowest BCUT2D eigenvalue weighted by Gasteiger charge is -2.18. The lowest BCUT2D eigenvalue weighted by molar-refractivity contribution is 0.171. The number of nitrogens with one attached hydrogen (secondary N) is 1. The van der Waals surface area contributed by atoms with Crippen LogP contribution in [0.15, 0.2) is 27.5 Å². The summed E-state index contributed by atoms with van der Waals surface area (Å²) < 4.78 is 43.2. The van der Waals surface area contributed by atoms with Gasteiger partial charge in [-0.15, -0.1) is 10.2 Å². The van der Waals surface area contributed by atoms with Gasteiger partial charge in [-0.25, -0.2) is 13.1 Å². The van der Waals surface area contributed by atoms with Crippen molar-refractivity contribution in [1.29, 1.82) is 0 Å². The monoisotopic (exact) mass is 339 g/mol. The van der Waals surface area contributed by atoms with Crippen LogP contribution in [-0.2, 0) is 16.6 Å². The molecule has 23 heavy (non-hydrogen) atoms. The van der Waals surface area contributed by atoms with Gasteiger partial charge in [0.25, 0.3) is 0 Å². The van der Waals surface area contributed by atoms with E-state index in [1.165, 1.54) is 12.1 Å². The zero-order chi connectivity index (χ0) is 16.4. The van der Waals surface area contributed by atoms with E-state index in [4.69, 9.17) is 13.9 Å². The Morgan fingerprint density at radius 2 is 1.91 bits per heavy atom. The van der Waals surface area contributed by atoms with Gasteiger partial charge in [-0.2, -0.15) is 0 Å². The molecule has 0 saturated carbocycles. The normalized spacial score (nSPS) is 14.2. The number of sulfonamides is 1. The molecule has 0 spiro atoms. The van der Waals surface area contributed by atoms with Crippen molar-refractivity contribution in [3.63, 3.8) is 0 Å². The molecule has 0 fully saturated rings. The molecule has 3 rings (SSSR count). The summed E-state index contributed by atoms with van der Waals surface area (Å²) in [7, 11) is -3.72. The van der Waals surface area contributed by atoms with Gasteiger partial charge in [0, 0.05) is 12.0 Å². The molecule has 124 valence electrons. The fourth-order valence-corrected chi connectivity index (χ4v) is 2.99. The third-order valence-electron chi connectivity index (χ3n) is 3.21. The molecule has 1 aliphatic rings. The summed E-state index contributed by atoms with van der Waals surface area (Å²) in [5, 5.41) is 7.67. The van der Waals surface area contributed by atoms with Crippen LogP contribution < -0.4 is 14.2 Å². The van der Waals surface area contributed by atoms with Crippen molar-refractivity contribution < 1.29 is 22.3 Å². The van der Waals surface area contributed by atoms with Crippen LogP contribution in [0, 0.1) is 0 Å². The number of rotatable bonds is 5. The van der Waals surface area contributed by atoms with Gasteiger partial charge in [0.1, 0.15) is 13.2 Å². The van der Waals surface area contributed by atoms with Crippen LogP contribution in [0.5, 0.6) is 11.5 Å². The van der Waals surface area contributed by atoms with E-state index < -0.39 is 10.0 Å². The van der Waals surface area contributed by atoms with Crippen molar-refractivity contribution in [3.05, 3.63) is 30.0 Å². The standard InChI is InChI=1S/C14H17N3O5S/c1-9(2)14-17-16-13(22-14)8-15-23(18,19)10-3-4-11-12(7-10)21-6-5-20-11/h3-4,7,9,15H,5-6,8H2,1-2H3. The van der Waals surface area contributed by atoms with Crippen molar-refractivity contribution in [1.82, 2.24) is 14.9 Å². The minimum atomic E-state index is -3.72. The van der Waals surface area contributed by atoms with Crippen LogP contribution in [0.1, 0.15) is 31.5 Å². The topological polar surface area (TPSA) is 104 Å². The van der Waals surface area contributed by atoms with Crippen molar-refractivity contribution in [2.24, 2.45) is 0 Å². The first-order valence-electron chi connectivity index (χ1n) is 7.17. The zero-order valence-corrected chi connectivity index (χ0v) is 13.6. The van der Waals surface area contributed by atoms with Crippen LogP contribution in [0.2, 0.25) is 0 Å². The van der Waals surface area contributed by atoms with E-state index in [1.807, 2.05) is 13.8 Å². The average molecular weight is 339 g/mol. The average Bonchev–Trinajstić information content (AvgIpc) is 3.02. The number of hydrogen-bond donors (Lipinski definition) is 1. The van der Waals surface area contributed by atoms with Crippen LogP contribution in [0.25, 0.3) is 0 Å². The van der Waals surface area contributed by atoms with Gasteiger partial charge >= 0.3 is 0 Å². The van der Waals surface area contributed by atoms with Crippen LogP contribution in [-0.4, -0.2) is 31.8 Å². The lowest BCUT2D eigenvalue weighted by Crippen LogP contribution is -2.24. The fourth-order valence-electron chi connectivity index (χ4n) is 2.00. The number of hydrogen-bond acceptors (Lipinski definition) is 7. The fraction of sp³-hybridized carbons (Fsp3) is 0.429. The largest absolute Gasteiger partial charge is 0.486 e. The Hall–Kier alpha value is -2.13. The van der Waals surface area contributed by atoms with Gasteiger partial charge < -0.3 is 13.9 Å². The van der Waals surface area contributed by atoms with Crippen LogP contribution in [0.4, 0.5) is 0 Å². The molecule has 0 aliphatic carbocycles. The highest BCUT2D eigenvalue weighted by Crippen LogP contribution is 2.32. The lowest BCUT2D eigenvalue weighted by atomic mass is 10.2. The van der Waals surface area contributed by atoms with Gasteiger partial charge in [-0.05, 0) is 12.1 Å². The number of ether oxygens (including phenoxy) is 2. The summed E-state index contributed by atoms with van der Waals surface area (Å²) in [6.45, 7) is 4.60. The summed E-state index contributed by atoms with van der Waals surface area (Å²) >= 11 is 0. The van der Waals surface area contributed by atoms with Gasteiger partial charge in [-0.1, -0.05) is 13.8 Å².